The molecule has 1 aliphatic heterocycles. The van der Waals surface area contributed by atoms with Crippen LogP contribution >= 0.6 is 0 Å². The Morgan fingerprint density at radius 3 is 1.98 bits per heavy atom. The van der Waals surface area contributed by atoms with Gasteiger partial charge >= 0.3 is 0 Å². The van der Waals surface area contributed by atoms with Crippen molar-refractivity contribution in [3.8, 4) is 0 Å². The smallest absolute Gasteiger partial charge is 0.155 e. The van der Waals surface area contributed by atoms with Crippen LogP contribution in [0.3, 0.4) is 0 Å². The number of hydrogen-bond donors (Lipinski definition) is 1. The number of H-pyrrole nitrogens is 1. The second-order valence-corrected chi connectivity index (χ2v) is 13.2. The van der Waals surface area contributed by atoms with Gasteiger partial charge in [-0.2, -0.15) is 10.2 Å². The molecule has 1 aliphatic rings. The van der Waals surface area contributed by atoms with Crippen molar-refractivity contribution in [2.45, 2.75) is 19.4 Å². The van der Waals surface area contributed by atoms with Crippen LogP contribution in [0, 0.1) is 0 Å². The Kier molecular flexibility index (Phi) is 13.3. The quantitative estimate of drug-likeness (QED) is 0.164. The molecule has 0 spiro atoms. The molecule has 0 aromatic carbocycles. The SMILES string of the molecule is c1cc2n(c1)CCC2.c1cc2nc[nH]c2cn1.c1cc2nccn2cn1.c1ccn2ccnc2c1.c1ccn2nccc2c1.c1ccn2ncnc2c1.c1cn2ccnc2cn1. The van der Waals surface area contributed by atoms with Gasteiger partial charge in [0.15, 0.2) is 11.3 Å². The van der Waals surface area contributed by atoms with Crippen molar-refractivity contribution in [2.24, 2.45) is 0 Å². The zero-order valence-corrected chi connectivity index (χ0v) is 33.4. The minimum atomic E-state index is 0.887. The predicted octanol–water partition coefficient (Wildman–Crippen LogP) is 7.25. The van der Waals surface area contributed by atoms with E-state index >= 15 is 0 Å². The number of pyridine rings is 4. The molecule has 1 N–H and O–H groups in total. The summed E-state index contributed by atoms with van der Waals surface area (Å²) < 4.78 is 11.6. The van der Waals surface area contributed by atoms with E-state index in [0.29, 0.717) is 0 Å². The Bertz CT molecular complexity index is 2580. The number of hydrogen-bond acceptors (Lipinski definition) is 10. The summed E-state index contributed by atoms with van der Waals surface area (Å²) >= 11 is 0. The molecule has 14 heterocycles. The maximum absolute atomic E-state index is 4.08. The Balaban J connectivity index is 0.0000000996. The lowest BCUT2D eigenvalue weighted by molar-refractivity contribution is 0.750. The van der Waals surface area contributed by atoms with Gasteiger partial charge in [0.25, 0.3) is 0 Å². The van der Waals surface area contributed by atoms with Crippen LogP contribution in [0.5, 0.6) is 0 Å². The molecule has 62 heavy (non-hydrogen) atoms. The van der Waals surface area contributed by atoms with Gasteiger partial charge in [0.05, 0.1) is 35.3 Å². The van der Waals surface area contributed by atoms with E-state index in [4.69, 9.17) is 0 Å². The van der Waals surface area contributed by atoms with Crippen LogP contribution in [0.1, 0.15) is 12.1 Å². The molecule has 0 saturated heterocycles. The van der Waals surface area contributed by atoms with E-state index in [1.807, 2.05) is 134 Å². The summed E-state index contributed by atoms with van der Waals surface area (Å²) in [6.07, 6.45) is 38.7. The van der Waals surface area contributed by atoms with Gasteiger partial charge in [-0.3, -0.25) is 14.4 Å². The van der Waals surface area contributed by atoms with Gasteiger partial charge in [0, 0.05) is 105 Å². The first-order chi connectivity index (χ1) is 30.8. The summed E-state index contributed by atoms with van der Waals surface area (Å²) in [4.78, 5) is 34.8. The molecule has 14 rings (SSSR count). The van der Waals surface area contributed by atoms with E-state index in [0.717, 1.165) is 39.1 Å². The largest absolute Gasteiger partial charge is 0.351 e. The second-order valence-electron chi connectivity index (χ2n) is 13.2. The highest BCUT2D eigenvalue weighted by Gasteiger charge is 2.06. The molecule has 0 amide bonds. The van der Waals surface area contributed by atoms with Crippen LogP contribution in [0.25, 0.3) is 39.1 Å². The standard InChI is InChI=1S/2C7H6N2.C7H9N.4C6H5N3/c1-2-6-9-7(3-1)4-5-8-9;1-2-5-9-6-4-8-7(9)3-1;1-3-7-4-2-6-8(7)5-1;1-3-9-4-2-8-6(9)5-7-1;1-2-7-3-6-5(1)8-4-9-6;1-2-7-5-9-4-3-8-6(1)9;1-2-4-9-6(3-1)7-5-8-9/h2*1-6H;1,3,5H,2,4,6H2;1-5H;1-4H,(H,8,9);2*1-5H. The number of nitrogens with one attached hydrogen (secondary N) is 1. The summed E-state index contributed by atoms with van der Waals surface area (Å²) in [5.41, 5.74) is 8.29. The molecule has 17 nitrogen and oxygen atoms in total. The fourth-order valence-corrected chi connectivity index (χ4v) is 6.15. The highest BCUT2D eigenvalue weighted by Crippen LogP contribution is 2.13. The monoisotopic (exact) mass is 819 g/mol. The van der Waals surface area contributed by atoms with E-state index in [9.17, 15) is 0 Å². The van der Waals surface area contributed by atoms with Crippen molar-refractivity contribution in [1.29, 1.82) is 0 Å². The minimum Gasteiger partial charge on any atom is -0.351 e. The zero-order valence-electron chi connectivity index (χ0n) is 33.4. The van der Waals surface area contributed by atoms with E-state index in [2.05, 4.69) is 77.9 Å². The fraction of sp³-hybridized carbons (Fsp3) is 0.0667. The van der Waals surface area contributed by atoms with Gasteiger partial charge in [-0.05, 0) is 79.6 Å². The van der Waals surface area contributed by atoms with Crippen LogP contribution < -0.4 is 0 Å². The lowest BCUT2D eigenvalue weighted by Crippen LogP contribution is -1.86. The summed E-state index contributed by atoms with van der Waals surface area (Å²) in [6, 6.07) is 27.7. The lowest BCUT2D eigenvalue weighted by atomic mass is 10.3. The van der Waals surface area contributed by atoms with Crippen LogP contribution in [-0.2, 0) is 13.0 Å². The molecular weight excluding hydrogens is 779 g/mol. The van der Waals surface area contributed by atoms with Crippen molar-refractivity contribution in [1.82, 2.24) is 81.9 Å². The number of nitrogens with zero attached hydrogens (tertiary/aromatic N) is 16. The highest BCUT2D eigenvalue weighted by atomic mass is 15.3. The molecule has 0 fully saturated rings. The fourth-order valence-electron chi connectivity index (χ4n) is 6.15. The highest BCUT2D eigenvalue weighted by molar-refractivity contribution is 5.72. The normalized spacial score (nSPS) is 11.0. The minimum absolute atomic E-state index is 0.887. The number of aryl methyl sites for hydroxylation is 2. The second kappa shape index (κ2) is 20.7. The molecule has 0 saturated carbocycles. The van der Waals surface area contributed by atoms with Crippen LogP contribution in [0.2, 0.25) is 0 Å². The van der Waals surface area contributed by atoms with Crippen molar-refractivity contribution < 1.29 is 0 Å². The zero-order chi connectivity index (χ0) is 42.0. The number of rotatable bonds is 0. The third kappa shape index (κ3) is 10.8. The molecule has 0 unspecified atom stereocenters. The van der Waals surface area contributed by atoms with Gasteiger partial charge in [-0.1, -0.05) is 18.2 Å². The molecule has 13 aromatic rings. The first-order valence-corrected chi connectivity index (χ1v) is 19.6. The third-order valence-electron chi connectivity index (χ3n) is 9.17. The van der Waals surface area contributed by atoms with Gasteiger partial charge in [0.1, 0.15) is 23.9 Å². The molecule has 17 heteroatoms. The van der Waals surface area contributed by atoms with Gasteiger partial charge in [-0.15, -0.1) is 0 Å². The van der Waals surface area contributed by atoms with Crippen LogP contribution in [0.15, 0.2) is 209 Å². The van der Waals surface area contributed by atoms with E-state index in [1.165, 1.54) is 31.4 Å². The summed E-state index contributed by atoms with van der Waals surface area (Å²) in [7, 11) is 0. The van der Waals surface area contributed by atoms with Crippen LogP contribution in [-0.4, -0.2) is 81.9 Å². The maximum atomic E-state index is 4.08. The Morgan fingerprint density at radius 2 is 1.19 bits per heavy atom. The summed E-state index contributed by atoms with van der Waals surface area (Å²) in [5.74, 6) is 0. The average Bonchev–Trinajstić information content (AvgIpc) is 4.18. The van der Waals surface area contributed by atoms with Gasteiger partial charge in [-0.25, -0.2) is 38.9 Å². The third-order valence-corrected chi connectivity index (χ3v) is 9.17. The van der Waals surface area contributed by atoms with E-state index in [1.54, 1.807) is 72.9 Å². The molecule has 0 atom stereocenters. The molecule has 306 valence electrons. The van der Waals surface area contributed by atoms with Crippen molar-refractivity contribution in [3.63, 3.8) is 0 Å². The van der Waals surface area contributed by atoms with Gasteiger partial charge < -0.3 is 18.4 Å². The Hall–Kier alpha value is -8.86. The number of fused-ring (bicyclic) bond motifs is 7. The molecular formula is C45H41N17. The Morgan fingerprint density at radius 1 is 0.468 bits per heavy atom. The number of aromatic amines is 1. The molecule has 0 bridgehead atoms. The summed E-state index contributed by atoms with van der Waals surface area (Å²) in [5, 5.41) is 7.96. The Labute approximate surface area is 354 Å². The average molecular weight is 820 g/mol. The van der Waals surface area contributed by atoms with E-state index < -0.39 is 0 Å². The summed E-state index contributed by atoms with van der Waals surface area (Å²) in [6.45, 7) is 1.24. The molecule has 0 radical (unpaired) electrons. The molecule has 13 aromatic heterocycles. The van der Waals surface area contributed by atoms with E-state index in [-0.39, 0.29) is 0 Å². The predicted molar refractivity (Wildman–Crippen MR) is 236 cm³/mol. The topological polar surface area (TPSA) is 172 Å². The van der Waals surface area contributed by atoms with Crippen molar-refractivity contribution >= 4 is 39.1 Å². The lowest BCUT2D eigenvalue weighted by Gasteiger charge is -1.90. The first-order valence-electron chi connectivity index (χ1n) is 19.6. The molecule has 0 aliphatic carbocycles. The van der Waals surface area contributed by atoms with Crippen molar-refractivity contribution in [3.05, 3.63) is 215 Å². The first kappa shape index (κ1) is 39.9. The van der Waals surface area contributed by atoms with Crippen molar-refractivity contribution in [2.75, 3.05) is 0 Å². The van der Waals surface area contributed by atoms with Gasteiger partial charge in [0.2, 0.25) is 0 Å². The maximum Gasteiger partial charge on any atom is 0.155 e. The van der Waals surface area contributed by atoms with Crippen LogP contribution in [0.4, 0.5) is 0 Å². The number of aromatic nitrogens is 17. The number of imidazole rings is 4.